The fourth-order valence-corrected chi connectivity index (χ4v) is 5.21. The van der Waals surface area contributed by atoms with Crippen LogP contribution in [0.25, 0.3) is 21.8 Å². The standard InChI is InChI=1S/C28H22N4O2/c1-28(25-20(29)12-8-14-23(25)32(27(28)34)17-9-4-3-5-10-17)26(33)21-15-19-18-11-6-7-13-22(18)31(2)24(19)16-30-21/h3-16H,29H2,1-2H3. The van der Waals surface area contributed by atoms with Crippen LogP contribution in [-0.2, 0) is 17.3 Å². The molecule has 2 N–H and O–H groups in total. The molecule has 6 rings (SSSR count). The van der Waals surface area contributed by atoms with Crippen molar-refractivity contribution in [1.29, 1.82) is 0 Å². The molecule has 3 aromatic carbocycles. The van der Waals surface area contributed by atoms with Gasteiger partial charge in [-0.05, 0) is 43.3 Å². The predicted molar refractivity (Wildman–Crippen MR) is 134 cm³/mol. The van der Waals surface area contributed by atoms with E-state index in [4.69, 9.17) is 5.73 Å². The lowest BCUT2D eigenvalue weighted by atomic mass is 9.77. The molecule has 5 aromatic rings. The number of fused-ring (bicyclic) bond motifs is 4. The summed E-state index contributed by atoms with van der Waals surface area (Å²) in [6, 6.07) is 24.5. The SMILES string of the molecule is Cn1c2ccccc2c2cc(C(=O)C3(C)C(=O)N(c4ccccc4)c4cccc(N)c43)ncc21. The molecule has 2 aromatic heterocycles. The maximum atomic E-state index is 14.1. The minimum absolute atomic E-state index is 0.240. The third kappa shape index (κ3) is 2.53. The maximum Gasteiger partial charge on any atom is 0.250 e. The van der Waals surface area contributed by atoms with E-state index in [2.05, 4.69) is 9.55 Å². The van der Waals surface area contributed by atoms with Gasteiger partial charge in [0.05, 0.1) is 17.4 Å². The summed E-state index contributed by atoms with van der Waals surface area (Å²) in [5.74, 6) is -0.707. The Kier molecular flexibility index (Phi) is 4.17. The van der Waals surface area contributed by atoms with E-state index >= 15 is 0 Å². The molecule has 166 valence electrons. The number of carbonyl (C=O) groups is 2. The van der Waals surface area contributed by atoms with Crippen LogP contribution in [0, 0.1) is 0 Å². The van der Waals surface area contributed by atoms with Crippen LogP contribution in [0.4, 0.5) is 17.1 Å². The second kappa shape index (κ2) is 7.02. The van der Waals surface area contributed by atoms with Crippen LogP contribution >= 0.6 is 0 Å². The van der Waals surface area contributed by atoms with Gasteiger partial charge in [0, 0.05) is 40.3 Å². The molecular formula is C28H22N4O2. The van der Waals surface area contributed by atoms with Gasteiger partial charge in [0.15, 0.2) is 0 Å². The fourth-order valence-electron chi connectivity index (χ4n) is 5.21. The van der Waals surface area contributed by atoms with Crippen molar-refractivity contribution in [3.8, 4) is 0 Å². The van der Waals surface area contributed by atoms with Crippen molar-refractivity contribution in [3.63, 3.8) is 0 Å². The molecule has 0 spiro atoms. The van der Waals surface area contributed by atoms with Crippen LogP contribution in [0.5, 0.6) is 0 Å². The van der Waals surface area contributed by atoms with Crippen LogP contribution in [0.2, 0.25) is 0 Å². The summed E-state index contributed by atoms with van der Waals surface area (Å²) in [5.41, 5.74) is 9.34. The van der Waals surface area contributed by atoms with Crippen molar-refractivity contribution >= 4 is 50.6 Å². The van der Waals surface area contributed by atoms with Crippen molar-refractivity contribution in [1.82, 2.24) is 9.55 Å². The van der Waals surface area contributed by atoms with Gasteiger partial charge in [0.25, 0.3) is 0 Å². The average Bonchev–Trinajstić information content (AvgIpc) is 3.28. The van der Waals surface area contributed by atoms with Crippen molar-refractivity contribution in [2.75, 3.05) is 10.6 Å². The van der Waals surface area contributed by atoms with Gasteiger partial charge >= 0.3 is 0 Å². The Morgan fingerprint density at radius 2 is 1.65 bits per heavy atom. The summed E-state index contributed by atoms with van der Waals surface area (Å²) in [4.78, 5) is 34.1. The third-order valence-corrected chi connectivity index (χ3v) is 6.95. The van der Waals surface area contributed by atoms with Crippen molar-refractivity contribution < 1.29 is 9.59 Å². The molecule has 0 fully saturated rings. The molecule has 1 unspecified atom stereocenters. The Bertz CT molecular complexity index is 1640. The van der Waals surface area contributed by atoms with E-state index in [0.717, 1.165) is 21.8 Å². The highest BCUT2D eigenvalue weighted by molar-refractivity contribution is 6.29. The number of Topliss-reactive ketones (excluding diaryl/α,β-unsaturated/α-hetero) is 1. The first kappa shape index (κ1) is 20.2. The van der Waals surface area contributed by atoms with Gasteiger partial charge in [-0.3, -0.25) is 19.5 Å². The average molecular weight is 447 g/mol. The van der Waals surface area contributed by atoms with Crippen LogP contribution < -0.4 is 10.6 Å². The minimum atomic E-state index is -1.50. The number of carbonyl (C=O) groups excluding carboxylic acids is 2. The van der Waals surface area contributed by atoms with Gasteiger partial charge in [-0.1, -0.05) is 42.5 Å². The number of nitrogens with two attached hydrogens (primary N) is 1. The number of nitrogen functional groups attached to an aromatic ring is 1. The Hall–Kier alpha value is -4.45. The normalized spacial score (nSPS) is 17.5. The number of para-hydroxylation sites is 2. The summed E-state index contributed by atoms with van der Waals surface area (Å²) in [6.07, 6.45) is 1.70. The molecular weight excluding hydrogens is 424 g/mol. The highest BCUT2D eigenvalue weighted by Crippen LogP contribution is 2.49. The van der Waals surface area contributed by atoms with Crippen LogP contribution in [-0.4, -0.2) is 21.2 Å². The van der Waals surface area contributed by atoms with Gasteiger partial charge in [0.2, 0.25) is 11.7 Å². The van der Waals surface area contributed by atoms with E-state index in [0.29, 0.717) is 22.6 Å². The zero-order valence-corrected chi connectivity index (χ0v) is 18.8. The number of hydrogen-bond donors (Lipinski definition) is 1. The Morgan fingerprint density at radius 1 is 0.912 bits per heavy atom. The summed E-state index contributed by atoms with van der Waals surface area (Å²) in [7, 11) is 1.98. The van der Waals surface area contributed by atoms with E-state index < -0.39 is 5.41 Å². The summed E-state index contributed by atoms with van der Waals surface area (Å²) < 4.78 is 2.05. The lowest BCUT2D eigenvalue weighted by Crippen LogP contribution is -2.43. The monoisotopic (exact) mass is 446 g/mol. The molecule has 0 bridgehead atoms. The van der Waals surface area contributed by atoms with Gasteiger partial charge in [-0.15, -0.1) is 0 Å². The Morgan fingerprint density at radius 3 is 2.44 bits per heavy atom. The number of pyridine rings is 1. The molecule has 6 heteroatoms. The van der Waals surface area contributed by atoms with Crippen LogP contribution in [0.3, 0.4) is 0 Å². The van der Waals surface area contributed by atoms with Crippen molar-refractivity contribution in [2.24, 2.45) is 7.05 Å². The van der Waals surface area contributed by atoms with Gasteiger partial charge in [0.1, 0.15) is 11.1 Å². The number of amides is 1. The van der Waals surface area contributed by atoms with E-state index in [-0.39, 0.29) is 17.4 Å². The Labute approximate surface area is 196 Å². The largest absolute Gasteiger partial charge is 0.398 e. The first-order valence-electron chi connectivity index (χ1n) is 11.1. The fraction of sp³-hybridized carbons (Fsp3) is 0.107. The lowest BCUT2D eigenvalue weighted by molar-refractivity contribution is -0.120. The molecule has 34 heavy (non-hydrogen) atoms. The third-order valence-electron chi connectivity index (χ3n) is 6.95. The molecule has 0 aliphatic carbocycles. The molecule has 1 atom stereocenters. The number of ketones is 1. The molecule has 1 aliphatic heterocycles. The predicted octanol–water partition coefficient (Wildman–Crippen LogP) is 5.13. The van der Waals surface area contributed by atoms with Crippen molar-refractivity contribution in [2.45, 2.75) is 12.3 Å². The number of aromatic nitrogens is 2. The van der Waals surface area contributed by atoms with E-state index in [1.54, 1.807) is 36.2 Å². The first-order valence-corrected chi connectivity index (χ1v) is 11.1. The second-order valence-electron chi connectivity index (χ2n) is 8.83. The zero-order chi connectivity index (χ0) is 23.6. The highest BCUT2D eigenvalue weighted by atomic mass is 16.2. The minimum Gasteiger partial charge on any atom is -0.398 e. The van der Waals surface area contributed by atoms with E-state index in [1.807, 2.05) is 67.7 Å². The number of anilines is 3. The summed E-state index contributed by atoms with van der Waals surface area (Å²) in [5, 5.41) is 1.96. The number of aryl methyl sites for hydroxylation is 1. The second-order valence-corrected chi connectivity index (χ2v) is 8.83. The molecule has 0 saturated heterocycles. The number of benzene rings is 3. The van der Waals surface area contributed by atoms with Gasteiger partial charge in [-0.25, -0.2) is 0 Å². The quantitative estimate of drug-likeness (QED) is 0.237. The highest BCUT2D eigenvalue weighted by Gasteiger charge is 2.54. The Balaban J connectivity index is 1.55. The smallest absolute Gasteiger partial charge is 0.250 e. The van der Waals surface area contributed by atoms with Gasteiger partial charge < -0.3 is 10.3 Å². The molecule has 0 radical (unpaired) electrons. The maximum absolute atomic E-state index is 14.1. The number of hydrogen-bond acceptors (Lipinski definition) is 4. The molecule has 0 saturated carbocycles. The van der Waals surface area contributed by atoms with Crippen molar-refractivity contribution in [3.05, 3.63) is 96.3 Å². The van der Waals surface area contributed by atoms with E-state index in [1.165, 1.54) is 0 Å². The molecule has 1 amide bonds. The zero-order valence-electron chi connectivity index (χ0n) is 18.8. The van der Waals surface area contributed by atoms with E-state index in [9.17, 15) is 9.59 Å². The first-order chi connectivity index (χ1) is 16.4. The summed E-state index contributed by atoms with van der Waals surface area (Å²) >= 11 is 0. The van der Waals surface area contributed by atoms with Crippen LogP contribution in [0.1, 0.15) is 23.0 Å². The lowest BCUT2D eigenvalue weighted by Gasteiger charge is -2.23. The number of nitrogens with zero attached hydrogens (tertiary/aromatic N) is 3. The molecule has 3 heterocycles. The summed E-state index contributed by atoms with van der Waals surface area (Å²) in [6.45, 7) is 1.66. The topological polar surface area (TPSA) is 81.2 Å². The van der Waals surface area contributed by atoms with Crippen LogP contribution in [0.15, 0.2) is 85.1 Å². The molecule has 6 nitrogen and oxygen atoms in total. The molecule has 1 aliphatic rings. The number of rotatable bonds is 3. The van der Waals surface area contributed by atoms with Gasteiger partial charge in [-0.2, -0.15) is 0 Å².